The van der Waals surface area contributed by atoms with Crippen LogP contribution in [0.4, 0.5) is 0 Å². The Morgan fingerprint density at radius 1 is 1.17 bits per heavy atom. The van der Waals surface area contributed by atoms with Crippen LogP contribution in [0.1, 0.15) is 16.1 Å². The third-order valence-electron chi connectivity index (χ3n) is 3.49. The van der Waals surface area contributed by atoms with Gasteiger partial charge in [-0.3, -0.25) is 24.5 Å². The Labute approximate surface area is 138 Å². The lowest BCUT2D eigenvalue weighted by atomic mass is 10.1. The molecule has 3 aromatic rings. The first-order valence-electron chi connectivity index (χ1n) is 7.31. The fourth-order valence-electron chi connectivity index (χ4n) is 2.27. The van der Waals surface area contributed by atoms with Gasteiger partial charge in [-0.1, -0.05) is 0 Å². The zero-order valence-electron chi connectivity index (χ0n) is 13.0. The lowest BCUT2D eigenvalue weighted by molar-refractivity contribution is 0.0948. The Morgan fingerprint density at radius 2 is 2.00 bits per heavy atom. The first-order valence-corrected chi connectivity index (χ1v) is 7.31. The summed E-state index contributed by atoms with van der Waals surface area (Å²) in [5.74, 6) is -0.445. The highest BCUT2D eigenvalue weighted by molar-refractivity contribution is 5.93. The Bertz CT molecular complexity index is 922. The molecule has 0 radical (unpaired) electrons. The van der Waals surface area contributed by atoms with Crippen molar-refractivity contribution >= 4 is 5.91 Å². The molecule has 3 aromatic heterocycles. The lowest BCUT2D eigenvalue weighted by Crippen LogP contribution is -2.31. The summed E-state index contributed by atoms with van der Waals surface area (Å²) in [6, 6.07) is 6.82. The maximum Gasteiger partial charge on any atom is 0.263 e. The molecule has 120 valence electrons. The summed E-state index contributed by atoms with van der Waals surface area (Å²) in [4.78, 5) is 36.9. The van der Waals surface area contributed by atoms with E-state index in [0.29, 0.717) is 11.4 Å². The number of nitrogens with one attached hydrogen (secondary N) is 1. The number of nitrogens with zero attached hydrogens (tertiary/aromatic N) is 4. The van der Waals surface area contributed by atoms with Crippen LogP contribution in [0.25, 0.3) is 11.3 Å². The zero-order valence-corrected chi connectivity index (χ0v) is 13.0. The van der Waals surface area contributed by atoms with E-state index in [0.717, 1.165) is 5.56 Å². The van der Waals surface area contributed by atoms with E-state index >= 15 is 0 Å². The number of carbonyl (C=O) groups excluding carboxylic acids is 1. The van der Waals surface area contributed by atoms with Crippen LogP contribution in [0, 0.1) is 0 Å². The van der Waals surface area contributed by atoms with Gasteiger partial charge in [-0.05, 0) is 24.3 Å². The molecule has 24 heavy (non-hydrogen) atoms. The molecule has 3 rings (SSSR count). The molecule has 1 amide bonds. The number of aryl methyl sites for hydroxylation is 1. The van der Waals surface area contributed by atoms with E-state index in [1.807, 2.05) is 6.07 Å². The van der Waals surface area contributed by atoms with Crippen molar-refractivity contribution in [1.29, 1.82) is 0 Å². The molecule has 7 nitrogen and oxygen atoms in total. The summed E-state index contributed by atoms with van der Waals surface area (Å²) in [7, 11) is 1.60. The molecule has 0 saturated heterocycles. The standard InChI is InChI=1S/C17H15N5O2/c1-22-9-3-5-13(17(22)24)16(23)21-11-14-15(20-8-7-19-14)12-4-2-6-18-10-12/h2-10H,11H2,1H3,(H,21,23). The number of hydrogen-bond donors (Lipinski definition) is 1. The molecule has 0 fully saturated rings. The fourth-order valence-corrected chi connectivity index (χ4v) is 2.27. The monoisotopic (exact) mass is 321 g/mol. The molecule has 3 heterocycles. The van der Waals surface area contributed by atoms with E-state index in [4.69, 9.17) is 0 Å². The van der Waals surface area contributed by atoms with Gasteiger partial charge in [0.15, 0.2) is 0 Å². The summed E-state index contributed by atoms with van der Waals surface area (Å²) in [6.07, 6.45) is 8.10. The van der Waals surface area contributed by atoms with Gasteiger partial charge in [0.25, 0.3) is 11.5 Å². The Hall–Kier alpha value is -3.35. The molecule has 1 N–H and O–H groups in total. The van der Waals surface area contributed by atoms with Gasteiger partial charge in [0.1, 0.15) is 5.56 Å². The highest BCUT2D eigenvalue weighted by Gasteiger charge is 2.13. The van der Waals surface area contributed by atoms with Crippen LogP contribution < -0.4 is 10.9 Å². The maximum atomic E-state index is 12.3. The molecule has 0 spiro atoms. The third kappa shape index (κ3) is 3.19. The molecule has 0 saturated carbocycles. The molecular weight excluding hydrogens is 306 g/mol. The van der Waals surface area contributed by atoms with Crippen LogP contribution in [0.5, 0.6) is 0 Å². The van der Waals surface area contributed by atoms with Gasteiger partial charge >= 0.3 is 0 Å². The van der Waals surface area contributed by atoms with E-state index in [-0.39, 0.29) is 17.7 Å². The smallest absolute Gasteiger partial charge is 0.263 e. The van der Waals surface area contributed by atoms with Crippen molar-refractivity contribution in [2.75, 3.05) is 0 Å². The fraction of sp³-hybridized carbons (Fsp3) is 0.118. The second-order valence-corrected chi connectivity index (χ2v) is 5.11. The zero-order chi connectivity index (χ0) is 16.9. The molecule has 0 bridgehead atoms. The topological polar surface area (TPSA) is 89.8 Å². The molecule has 0 aliphatic carbocycles. The van der Waals surface area contributed by atoms with Crippen LogP contribution in [0.15, 0.2) is 60.0 Å². The minimum absolute atomic E-state index is 0.0896. The lowest BCUT2D eigenvalue weighted by Gasteiger charge is -2.09. The predicted molar refractivity (Wildman–Crippen MR) is 88.1 cm³/mol. The highest BCUT2D eigenvalue weighted by atomic mass is 16.2. The molecular formula is C17H15N5O2. The summed E-state index contributed by atoms with van der Waals surface area (Å²) >= 11 is 0. The van der Waals surface area contributed by atoms with Crippen molar-refractivity contribution in [1.82, 2.24) is 24.8 Å². The summed E-state index contributed by atoms with van der Waals surface area (Å²) in [5.41, 5.74) is 1.80. The van der Waals surface area contributed by atoms with Gasteiger partial charge in [-0.2, -0.15) is 0 Å². The van der Waals surface area contributed by atoms with Crippen LogP contribution in [-0.2, 0) is 13.6 Å². The van der Waals surface area contributed by atoms with E-state index in [2.05, 4.69) is 20.3 Å². The van der Waals surface area contributed by atoms with Crippen molar-refractivity contribution in [3.05, 3.63) is 76.9 Å². The van der Waals surface area contributed by atoms with Crippen LogP contribution in [-0.4, -0.2) is 25.4 Å². The Kier molecular flexibility index (Phi) is 4.42. The number of amides is 1. The number of rotatable bonds is 4. The van der Waals surface area contributed by atoms with Gasteiger partial charge in [0.2, 0.25) is 0 Å². The average Bonchev–Trinajstić information content (AvgIpc) is 2.63. The summed E-state index contributed by atoms with van der Waals surface area (Å²) in [5, 5.41) is 2.72. The normalized spacial score (nSPS) is 10.4. The molecule has 0 aromatic carbocycles. The quantitative estimate of drug-likeness (QED) is 0.779. The van der Waals surface area contributed by atoms with Crippen molar-refractivity contribution < 1.29 is 4.79 Å². The van der Waals surface area contributed by atoms with Crippen molar-refractivity contribution in [3.63, 3.8) is 0 Å². The van der Waals surface area contributed by atoms with Crippen LogP contribution in [0.2, 0.25) is 0 Å². The second kappa shape index (κ2) is 6.82. The van der Waals surface area contributed by atoms with Crippen molar-refractivity contribution in [3.8, 4) is 11.3 Å². The Balaban J connectivity index is 1.82. The summed E-state index contributed by atoms with van der Waals surface area (Å²) in [6.45, 7) is 0.162. The van der Waals surface area contributed by atoms with E-state index in [1.54, 1.807) is 50.2 Å². The minimum Gasteiger partial charge on any atom is -0.346 e. The van der Waals surface area contributed by atoms with Crippen molar-refractivity contribution in [2.45, 2.75) is 6.54 Å². The second-order valence-electron chi connectivity index (χ2n) is 5.11. The third-order valence-corrected chi connectivity index (χ3v) is 3.49. The number of carbonyl (C=O) groups is 1. The molecule has 7 heteroatoms. The van der Waals surface area contributed by atoms with E-state index in [1.165, 1.54) is 10.6 Å². The van der Waals surface area contributed by atoms with Gasteiger partial charge in [0, 0.05) is 43.6 Å². The van der Waals surface area contributed by atoms with Gasteiger partial charge in [-0.15, -0.1) is 0 Å². The predicted octanol–water partition coefficient (Wildman–Crippen LogP) is 1.17. The molecule has 0 aliphatic heterocycles. The van der Waals surface area contributed by atoms with E-state index in [9.17, 15) is 9.59 Å². The van der Waals surface area contributed by atoms with Gasteiger partial charge in [-0.25, -0.2) is 0 Å². The largest absolute Gasteiger partial charge is 0.346 e. The van der Waals surface area contributed by atoms with Crippen LogP contribution in [0.3, 0.4) is 0 Å². The average molecular weight is 321 g/mol. The first kappa shape index (κ1) is 15.5. The number of aromatic nitrogens is 4. The first-order chi connectivity index (χ1) is 11.7. The highest BCUT2D eigenvalue weighted by Crippen LogP contribution is 2.17. The molecule has 0 atom stereocenters. The SMILES string of the molecule is Cn1cccc(C(=O)NCc2nccnc2-c2cccnc2)c1=O. The van der Waals surface area contributed by atoms with Gasteiger partial charge < -0.3 is 9.88 Å². The minimum atomic E-state index is -0.445. The van der Waals surface area contributed by atoms with Crippen LogP contribution >= 0.6 is 0 Å². The number of hydrogen-bond acceptors (Lipinski definition) is 5. The molecule has 0 aliphatic rings. The van der Waals surface area contributed by atoms with Gasteiger partial charge in [0.05, 0.1) is 17.9 Å². The molecule has 0 unspecified atom stereocenters. The van der Waals surface area contributed by atoms with E-state index < -0.39 is 5.91 Å². The van der Waals surface area contributed by atoms with Crippen molar-refractivity contribution in [2.24, 2.45) is 7.05 Å². The Morgan fingerprint density at radius 3 is 2.79 bits per heavy atom. The summed E-state index contributed by atoms with van der Waals surface area (Å²) < 4.78 is 1.36. The number of pyridine rings is 2. The maximum absolute atomic E-state index is 12.3.